The molecule has 2 aromatic rings. The van der Waals surface area contributed by atoms with Crippen molar-refractivity contribution in [3.8, 4) is 0 Å². The summed E-state index contributed by atoms with van der Waals surface area (Å²) in [7, 11) is -2.01. The topological polar surface area (TPSA) is 72.6 Å². The summed E-state index contributed by atoms with van der Waals surface area (Å²) in [6.45, 7) is 2.89. The second-order valence-electron chi connectivity index (χ2n) is 4.69. The number of rotatable bonds is 6. The van der Waals surface area contributed by atoms with Crippen molar-refractivity contribution in [2.45, 2.75) is 11.8 Å². The van der Waals surface area contributed by atoms with Gasteiger partial charge in [-0.25, -0.2) is 8.42 Å². The molecule has 0 radical (unpaired) electrons. The summed E-state index contributed by atoms with van der Waals surface area (Å²) in [5.41, 5.74) is 6.50. The van der Waals surface area contributed by atoms with E-state index >= 15 is 0 Å². The molecular formula is C15H20N2O3S. The monoisotopic (exact) mass is 308 g/mol. The Morgan fingerprint density at radius 2 is 1.81 bits per heavy atom. The molecule has 0 saturated carbocycles. The lowest BCUT2D eigenvalue weighted by molar-refractivity contribution is 0.180. The predicted molar refractivity (Wildman–Crippen MR) is 84.7 cm³/mol. The average Bonchev–Trinajstić information content (AvgIpc) is 2.48. The Morgan fingerprint density at radius 1 is 1.14 bits per heavy atom. The Balaban J connectivity index is 2.57. The fraction of sp³-hybridized carbons (Fsp3) is 0.333. The van der Waals surface area contributed by atoms with E-state index in [-0.39, 0.29) is 4.90 Å². The highest BCUT2D eigenvalue weighted by atomic mass is 32.2. The van der Waals surface area contributed by atoms with Crippen LogP contribution in [0.25, 0.3) is 10.8 Å². The molecule has 2 rings (SSSR count). The number of ether oxygens (including phenoxy) is 1. The summed E-state index contributed by atoms with van der Waals surface area (Å²) in [6, 6.07) is 10.5. The van der Waals surface area contributed by atoms with Gasteiger partial charge in [-0.1, -0.05) is 31.2 Å². The van der Waals surface area contributed by atoms with Crippen LogP contribution in [0, 0.1) is 0 Å². The number of hydrogen-bond acceptors (Lipinski definition) is 4. The van der Waals surface area contributed by atoms with E-state index in [4.69, 9.17) is 10.5 Å². The van der Waals surface area contributed by atoms with Crippen molar-refractivity contribution < 1.29 is 13.2 Å². The van der Waals surface area contributed by atoms with Crippen molar-refractivity contribution in [2.75, 3.05) is 32.5 Å². The summed E-state index contributed by atoms with van der Waals surface area (Å²) < 4.78 is 32.0. The number of benzene rings is 2. The van der Waals surface area contributed by atoms with Gasteiger partial charge in [-0.05, 0) is 12.1 Å². The van der Waals surface area contributed by atoms with Crippen LogP contribution in [-0.4, -0.2) is 39.5 Å². The van der Waals surface area contributed by atoms with E-state index < -0.39 is 10.0 Å². The summed E-state index contributed by atoms with van der Waals surface area (Å²) in [5, 5.41) is 1.40. The number of sulfonamides is 1. The van der Waals surface area contributed by atoms with Crippen LogP contribution >= 0.6 is 0 Å². The molecule has 0 aromatic heterocycles. The maximum absolute atomic E-state index is 12.8. The molecular weight excluding hydrogens is 288 g/mol. The van der Waals surface area contributed by atoms with Crippen LogP contribution in [0.2, 0.25) is 0 Å². The molecule has 0 unspecified atom stereocenters. The van der Waals surface area contributed by atoms with Gasteiger partial charge in [-0.3, -0.25) is 0 Å². The van der Waals surface area contributed by atoms with Gasteiger partial charge in [0.15, 0.2) is 0 Å². The van der Waals surface area contributed by atoms with Crippen molar-refractivity contribution in [1.29, 1.82) is 0 Å². The third kappa shape index (κ3) is 3.02. The first kappa shape index (κ1) is 15.8. The SMILES string of the molecule is CCN(CCOC)S(=O)(=O)c1ccc(N)c2ccccc12. The maximum atomic E-state index is 12.8. The van der Waals surface area contributed by atoms with Crippen LogP contribution in [0.15, 0.2) is 41.3 Å². The van der Waals surface area contributed by atoms with Crippen molar-refractivity contribution >= 4 is 26.5 Å². The molecule has 0 aliphatic rings. The van der Waals surface area contributed by atoms with E-state index in [0.29, 0.717) is 30.8 Å². The van der Waals surface area contributed by atoms with Crippen molar-refractivity contribution in [2.24, 2.45) is 0 Å². The van der Waals surface area contributed by atoms with Crippen LogP contribution in [0.5, 0.6) is 0 Å². The van der Waals surface area contributed by atoms with Crippen molar-refractivity contribution in [3.63, 3.8) is 0 Å². The van der Waals surface area contributed by atoms with Crippen LogP contribution in [0.3, 0.4) is 0 Å². The molecule has 0 heterocycles. The Hall–Kier alpha value is -1.63. The predicted octanol–water partition coefficient (Wildman–Crippen LogP) is 2.08. The molecule has 0 aliphatic carbocycles. The molecule has 0 fully saturated rings. The van der Waals surface area contributed by atoms with Gasteiger partial charge >= 0.3 is 0 Å². The van der Waals surface area contributed by atoms with E-state index in [1.165, 1.54) is 4.31 Å². The van der Waals surface area contributed by atoms with E-state index in [2.05, 4.69) is 0 Å². The van der Waals surface area contributed by atoms with Crippen LogP contribution in [-0.2, 0) is 14.8 Å². The van der Waals surface area contributed by atoms with Gasteiger partial charge in [0.05, 0.1) is 11.5 Å². The van der Waals surface area contributed by atoms with E-state index in [1.807, 2.05) is 25.1 Å². The van der Waals surface area contributed by atoms with Gasteiger partial charge in [0.2, 0.25) is 10.0 Å². The van der Waals surface area contributed by atoms with E-state index in [9.17, 15) is 8.42 Å². The minimum absolute atomic E-state index is 0.283. The zero-order valence-electron chi connectivity index (χ0n) is 12.2. The van der Waals surface area contributed by atoms with Gasteiger partial charge in [0.25, 0.3) is 0 Å². The summed E-state index contributed by atoms with van der Waals surface area (Å²) >= 11 is 0. The van der Waals surface area contributed by atoms with E-state index in [1.54, 1.807) is 25.3 Å². The fourth-order valence-corrected chi connectivity index (χ4v) is 3.93. The average molecular weight is 308 g/mol. The van der Waals surface area contributed by atoms with Crippen LogP contribution in [0.4, 0.5) is 5.69 Å². The number of hydrogen-bond donors (Lipinski definition) is 1. The first-order valence-corrected chi connectivity index (χ1v) is 8.22. The Labute approximate surface area is 125 Å². The molecule has 0 bridgehead atoms. The minimum atomic E-state index is -3.57. The second-order valence-corrected chi connectivity index (χ2v) is 6.59. The lowest BCUT2D eigenvalue weighted by Crippen LogP contribution is -2.33. The van der Waals surface area contributed by atoms with Crippen LogP contribution < -0.4 is 5.73 Å². The molecule has 0 spiro atoms. The Bertz CT molecular complexity index is 729. The molecule has 0 amide bonds. The van der Waals surface area contributed by atoms with Gasteiger partial charge < -0.3 is 10.5 Å². The standard InChI is InChI=1S/C15H20N2O3S/c1-3-17(10-11-20-2)21(18,19)15-9-8-14(16)12-6-4-5-7-13(12)15/h4-9H,3,10-11,16H2,1-2H3. The number of nitrogen functional groups attached to an aromatic ring is 1. The van der Waals surface area contributed by atoms with Crippen molar-refractivity contribution in [1.82, 2.24) is 4.31 Å². The lowest BCUT2D eigenvalue weighted by atomic mass is 10.1. The zero-order valence-corrected chi connectivity index (χ0v) is 13.1. The number of nitrogens with zero attached hydrogens (tertiary/aromatic N) is 1. The van der Waals surface area contributed by atoms with Gasteiger partial charge in [0, 0.05) is 36.7 Å². The number of nitrogens with two attached hydrogens (primary N) is 1. The number of likely N-dealkylation sites (N-methyl/N-ethyl adjacent to an activating group) is 1. The lowest BCUT2D eigenvalue weighted by Gasteiger charge is -2.21. The van der Waals surface area contributed by atoms with Gasteiger partial charge in [-0.15, -0.1) is 0 Å². The minimum Gasteiger partial charge on any atom is -0.398 e. The summed E-state index contributed by atoms with van der Waals surface area (Å²) in [5.74, 6) is 0. The second kappa shape index (κ2) is 6.43. The van der Waals surface area contributed by atoms with Crippen LogP contribution in [0.1, 0.15) is 6.92 Å². The number of fused-ring (bicyclic) bond motifs is 1. The third-order valence-electron chi connectivity index (χ3n) is 3.43. The molecule has 5 nitrogen and oxygen atoms in total. The molecule has 6 heteroatoms. The number of anilines is 1. The zero-order chi connectivity index (χ0) is 15.5. The Kier molecular flexibility index (Phi) is 4.82. The quantitative estimate of drug-likeness (QED) is 0.829. The highest BCUT2D eigenvalue weighted by molar-refractivity contribution is 7.89. The summed E-state index contributed by atoms with van der Waals surface area (Å²) in [4.78, 5) is 0.283. The largest absolute Gasteiger partial charge is 0.398 e. The maximum Gasteiger partial charge on any atom is 0.243 e. The highest BCUT2D eigenvalue weighted by Crippen LogP contribution is 2.29. The number of methoxy groups -OCH3 is 1. The Morgan fingerprint density at radius 3 is 2.43 bits per heavy atom. The molecule has 2 N–H and O–H groups in total. The smallest absolute Gasteiger partial charge is 0.243 e. The van der Waals surface area contributed by atoms with E-state index in [0.717, 1.165) is 5.39 Å². The molecule has 114 valence electrons. The first-order chi connectivity index (χ1) is 10.0. The fourth-order valence-electron chi connectivity index (χ4n) is 2.30. The molecule has 21 heavy (non-hydrogen) atoms. The van der Waals surface area contributed by atoms with Gasteiger partial charge in [0.1, 0.15) is 0 Å². The molecule has 0 saturated heterocycles. The van der Waals surface area contributed by atoms with Gasteiger partial charge in [-0.2, -0.15) is 4.31 Å². The molecule has 0 atom stereocenters. The normalized spacial score (nSPS) is 12.1. The highest BCUT2D eigenvalue weighted by Gasteiger charge is 2.25. The molecule has 2 aromatic carbocycles. The molecule has 0 aliphatic heterocycles. The summed E-state index contributed by atoms with van der Waals surface area (Å²) in [6.07, 6.45) is 0. The van der Waals surface area contributed by atoms with Crippen molar-refractivity contribution in [3.05, 3.63) is 36.4 Å². The third-order valence-corrected chi connectivity index (χ3v) is 5.47. The first-order valence-electron chi connectivity index (χ1n) is 6.78.